The number of ether oxygens (including phenoxy) is 2. The number of amides is 2. The zero-order chi connectivity index (χ0) is 29.3. The molecule has 2 aromatic carbocycles. The Hall–Kier alpha value is -3.16. The standard InChI is InChI=1S/2C17H22FNO2/c2*18-16-11-19(9-8-15(16)10-13-6-7-13)17(20)21-12-14-4-2-1-3-5-14/h2*1-5,13,15-16H,6-12H2/t2*15-,16-/m10/s1. The van der Waals surface area contributed by atoms with Gasteiger partial charge in [-0.1, -0.05) is 86.3 Å². The predicted molar refractivity (Wildman–Crippen MR) is 157 cm³/mol. The number of carbonyl (C=O) groups excluding carboxylic acids is 2. The van der Waals surface area contributed by atoms with Crippen molar-refractivity contribution in [1.29, 1.82) is 0 Å². The molecule has 0 bridgehead atoms. The van der Waals surface area contributed by atoms with Crippen LogP contribution in [0.5, 0.6) is 0 Å². The van der Waals surface area contributed by atoms with Gasteiger partial charge in [0, 0.05) is 13.1 Å². The van der Waals surface area contributed by atoms with E-state index in [4.69, 9.17) is 9.47 Å². The zero-order valence-corrected chi connectivity index (χ0v) is 24.4. The Kier molecular flexibility index (Phi) is 10.7. The van der Waals surface area contributed by atoms with Gasteiger partial charge in [0.2, 0.25) is 0 Å². The summed E-state index contributed by atoms with van der Waals surface area (Å²) in [6, 6.07) is 19.1. The summed E-state index contributed by atoms with van der Waals surface area (Å²) in [4.78, 5) is 27.0. The van der Waals surface area contributed by atoms with E-state index in [0.29, 0.717) is 13.1 Å². The predicted octanol–water partition coefficient (Wildman–Crippen LogP) is 7.57. The van der Waals surface area contributed by atoms with Crippen molar-refractivity contribution in [3.05, 3.63) is 71.8 Å². The molecular weight excluding hydrogens is 538 g/mol. The molecular formula is C34H44F2N2O4. The first-order chi connectivity index (χ1) is 20.4. The lowest BCUT2D eigenvalue weighted by atomic mass is 9.90. The van der Waals surface area contributed by atoms with E-state index in [9.17, 15) is 18.4 Å². The van der Waals surface area contributed by atoms with Crippen LogP contribution in [0.1, 0.15) is 62.5 Å². The van der Waals surface area contributed by atoms with Crippen LogP contribution in [0.15, 0.2) is 60.7 Å². The molecule has 0 N–H and O–H groups in total. The van der Waals surface area contributed by atoms with Crippen LogP contribution in [0, 0.1) is 23.7 Å². The first-order valence-electron chi connectivity index (χ1n) is 15.6. The third-order valence-corrected chi connectivity index (χ3v) is 8.94. The molecule has 2 amide bonds. The van der Waals surface area contributed by atoms with Crippen molar-refractivity contribution in [2.75, 3.05) is 26.2 Å². The normalized spacial score (nSPS) is 25.7. The molecule has 0 unspecified atom stereocenters. The number of halogens is 2. The van der Waals surface area contributed by atoms with Gasteiger partial charge in [-0.05, 0) is 60.5 Å². The number of nitrogens with zero attached hydrogens (tertiary/aromatic N) is 2. The highest BCUT2D eigenvalue weighted by Gasteiger charge is 2.37. The maximum Gasteiger partial charge on any atom is 0.410 e. The summed E-state index contributed by atoms with van der Waals surface area (Å²) in [5.41, 5.74) is 1.90. The Morgan fingerprint density at radius 1 is 0.619 bits per heavy atom. The number of rotatable bonds is 8. The van der Waals surface area contributed by atoms with Crippen LogP contribution in [-0.4, -0.2) is 60.5 Å². The van der Waals surface area contributed by atoms with Crippen LogP contribution in [0.4, 0.5) is 18.4 Å². The van der Waals surface area contributed by atoms with E-state index < -0.39 is 24.5 Å². The summed E-state index contributed by atoms with van der Waals surface area (Å²) < 4.78 is 38.9. The summed E-state index contributed by atoms with van der Waals surface area (Å²) in [5, 5.41) is 0. The van der Waals surface area contributed by atoms with E-state index >= 15 is 0 Å². The second-order valence-corrected chi connectivity index (χ2v) is 12.5. The molecule has 228 valence electrons. The van der Waals surface area contributed by atoms with Crippen molar-refractivity contribution in [2.45, 2.75) is 76.9 Å². The highest BCUT2D eigenvalue weighted by atomic mass is 19.1. The SMILES string of the molecule is O=C(OCc1ccccc1)N1CC[C@@H](CC2CC2)[C@@H](F)C1.O=C(OCc1ccccc1)N1CC[C@H](CC2CC2)[C@H](F)C1. The summed E-state index contributed by atoms with van der Waals surface area (Å²) in [5.74, 6) is 1.75. The van der Waals surface area contributed by atoms with Crippen LogP contribution < -0.4 is 0 Å². The van der Waals surface area contributed by atoms with E-state index in [1.54, 1.807) is 0 Å². The molecule has 0 aromatic heterocycles. The highest BCUT2D eigenvalue weighted by Crippen LogP contribution is 2.40. The molecule has 2 heterocycles. The Morgan fingerprint density at radius 3 is 1.33 bits per heavy atom. The third kappa shape index (κ3) is 9.43. The van der Waals surface area contributed by atoms with Crippen molar-refractivity contribution in [2.24, 2.45) is 23.7 Å². The van der Waals surface area contributed by atoms with Crippen LogP contribution >= 0.6 is 0 Å². The molecule has 2 saturated carbocycles. The molecule has 2 aliphatic heterocycles. The second kappa shape index (κ2) is 14.8. The van der Waals surface area contributed by atoms with E-state index in [-0.39, 0.29) is 38.1 Å². The smallest absolute Gasteiger partial charge is 0.410 e. The van der Waals surface area contributed by atoms with Crippen LogP contribution in [0.25, 0.3) is 0 Å². The first-order valence-corrected chi connectivity index (χ1v) is 15.6. The van der Waals surface area contributed by atoms with Gasteiger partial charge < -0.3 is 19.3 Å². The van der Waals surface area contributed by atoms with E-state index in [0.717, 1.165) is 48.6 Å². The van der Waals surface area contributed by atoms with Gasteiger partial charge >= 0.3 is 12.2 Å². The number of piperidine rings is 2. The van der Waals surface area contributed by atoms with Gasteiger partial charge in [0.25, 0.3) is 0 Å². The van der Waals surface area contributed by atoms with Crippen molar-refractivity contribution in [3.63, 3.8) is 0 Å². The van der Waals surface area contributed by atoms with E-state index in [2.05, 4.69) is 0 Å². The molecule has 42 heavy (non-hydrogen) atoms. The number of hydrogen-bond donors (Lipinski definition) is 0. The maximum atomic E-state index is 14.2. The van der Waals surface area contributed by atoms with E-state index in [1.165, 1.54) is 35.5 Å². The van der Waals surface area contributed by atoms with Gasteiger partial charge in [0.15, 0.2) is 0 Å². The van der Waals surface area contributed by atoms with Gasteiger partial charge in [0.1, 0.15) is 25.6 Å². The fraction of sp³-hybridized carbons (Fsp3) is 0.588. The van der Waals surface area contributed by atoms with Gasteiger partial charge in [-0.15, -0.1) is 0 Å². The fourth-order valence-corrected chi connectivity index (χ4v) is 5.95. The highest BCUT2D eigenvalue weighted by molar-refractivity contribution is 5.68. The number of hydrogen-bond acceptors (Lipinski definition) is 4. The fourth-order valence-electron chi connectivity index (χ4n) is 5.95. The van der Waals surface area contributed by atoms with Crippen molar-refractivity contribution < 1.29 is 27.8 Å². The Morgan fingerprint density at radius 2 is 1.00 bits per heavy atom. The minimum Gasteiger partial charge on any atom is -0.445 e. The lowest BCUT2D eigenvalue weighted by molar-refractivity contribution is 0.0482. The minimum absolute atomic E-state index is 0.135. The Bertz CT molecular complexity index is 1040. The van der Waals surface area contributed by atoms with Crippen LogP contribution in [0.3, 0.4) is 0 Å². The lowest BCUT2D eigenvalue weighted by Gasteiger charge is -2.34. The number of carbonyl (C=O) groups is 2. The number of alkyl halides is 2. The molecule has 0 radical (unpaired) electrons. The Balaban J connectivity index is 0.000000168. The topological polar surface area (TPSA) is 59.1 Å². The molecule has 2 aromatic rings. The van der Waals surface area contributed by atoms with Crippen molar-refractivity contribution >= 4 is 12.2 Å². The van der Waals surface area contributed by atoms with Crippen LogP contribution in [0.2, 0.25) is 0 Å². The monoisotopic (exact) mass is 582 g/mol. The zero-order valence-electron chi connectivity index (χ0n) is 24.4. The Labute approximate surface area is 248 Å². The van der Waals surface area contributed by atoms with E-state index in [1.807, 2.05) is 60.7 Å². The summed E-state index contributed by atoms with van der Waals surface area (Å²) in [7, 11) is 0. The minimum atomic E-state index is -0.899. The average Bonchev–Trinajstić information content (AvgIpc) is 3.95. The molecule has 0 spiro atoms. The number of benzene rings is 2. The van der Waals surface area contributed by atoms with Crippen LogP contribution in [-0.2, 0) is 22.7 Å². The summed E-state index contributed by atoms with van der Waals surface area (Å²) >= 11 is 0. The van der Waals surface area contributed by atoms with Gasteiger partial charge in [-0.2, -0.15) is 0 Å². The second-order valence-electron chi connectivity index (χ2n) is 12.5. The number of likely N-dealkylation sites (tertiary alicyclic amines) is 2. The molecule has 4 aliphatic rings. The molecule has 2 aliphatic carbocycles. The average molecular weight is 583 g/mol. The third-order valence-electron chi connectivity index (χ3n) is 8.94. The lowest BCUT2D eigenvalue weighted by Crippen LogP contribution is -2.45. The summed E-state index contributed by atoms with van der Waals surface area (Å²) in [6.07, 6.45) is 5.94. The summed E-state index contributed by atoms with van der Waals surface area (Å²) in [6.45, 7) is 2.10. The molecule has 8 heteroatoms. The maximum absolute atomic E-state index is 14.2. The largest absolute Gasteiger partial charge is 0.445 e. The van der Waals surface area contributed by atoms with Gasteiger partial charge in [-0.25, -0.2) is 18.4 Å². The molecule has 4 atom stereocenters. The first kappa shape index (κ1) is 30.3. The molecule has 6 rings (SSSR count). The quantitative estimate of drug-likeness (QED) is 0.322. The molecule has 2 saturated heterocycles. The molecule has 6 nitrogen and oxygen atoms in total. The van der Waals surface area contributed by atoms with Gasteiger partial charge in [-0.3, -0.25) is 0 Å². The van der Waals surface area contributed by atoms with Gasteiger partial charge in [0.05, 0.1) is 13.1 Å². The molecule has 4 fully saturated rings. The van der Waals surface area contributed by atoms with Crippen molar-refractivity contribution in [3.8, 4) is 0 Å². The van der Waals surface area contributed by atoms with Crippen molar-refractivity contribution in [1.82, 2.24) is 9.80 Å².